The van der Waals surface area contributed by atoms with Gasteiger partial charge in [0.15, 0.2) is 0 Å². The molecule has 6 nitrogen and oxygen atoms in total. The maximum Gasteiger partial charge on any atom is 0.246 e. The lowest BCUT2D eigenvalue weighted by Crippen LogP contribution is -2.40. The van der Waals surface area contributed by atoms with Crippen molar-refractivity contribution in [1.82, 2.24) is 18.0 Å². The SMILES string of the molecule is Cc1ccc([C@@H]2c3[nH]c4ccc(Cl)cc4c3CCN2S(=O)(=O)c2cccc3nsnc23)cc1. The quantitative estimate of drug-likeness (QED) is 0.360. The molecule has 0 saturated carbocycles. The third-order valence-electron chi connectivity index (χ3n) is 6.27. The number of fused-ring (bicyclic) bond motifs is 4. The van der Waals surface area contributed by atoms with Crippen molar-refractivity contribution in [2.24, 2.45) is 0 Å². The molecule has 0 fully saturated rings. The van der Waals surface area contributed by atoms with Gasteiger partial charge in [-0.15, -0.1) is 0 Å². The van der Waals surface area contributed by atoms with E-state index in [9.17, 15) is 8.42 Å². The first-order chi connectivity index (χ1) is 15.9. The van der Waals surface area contributed by atoms with Crippen LogP contribution in [0.25, 0.3) is 21.9 Å². The molecule has 0 spiro atoms. The molecule has 1 N–H and O–H groups in total. The van der Waals surface area contributed by atoms with E-state index in [0.29, 0.717) is 29.0 Å². The molecular formula is C24H19ClN4O2S2. The van der Waals surface area contributed by atoms with Crippen LogP contribution in [0.5, 0.6) is 0 Å². The monoisotopic (exact) mass is 494 g/mol. The van der Waals surface area contributed by atoms with Gasteiger partial charge >= 0.3 is 0 Å². The molecule has 0 amide bonds. The van der Waals surface area contributed by atoms with E-state index in [0.717, 1.165) is 45.0 Å². The van der Waals surface area contributed by atoms with E-state index in [2.05, 4.69) is 13.7 Å². The summed E-state index contributed by atoms with van der Waals surface area (Å²) in [6.45, 7) is 2.37. The van der Waals surface area contributed by atoms with Crippen LogP contribution < -0.4 is 0 Å². The number of H-pyrrole nitrogens is 1. The standard InChI is InChI=1S/C24H19ClN4O2S2/c1-14-5-7-15(8-6-14)24-22-17(18-13-16(25)9-10-19(18)26-22)11-12-29(24)33(30,31)21-4-2-3-20-23(21)28-32-27-20/h2-10,13,24,26H,11-12H2,1H3/t24-/m1/s1. The number of rotatable bonds is 3. The number of aromatic amines is 1. The number of aromatic nitrogens is 3. The summed E-state index contributed by atoms with van der Waals surface area (Å²) in [7, 11) is -3.86. The second-order valence-electron chi connectivity index (χ2n) is 8.27. The summed E-state index contributed by atoms with van der Waals surface area (Å²) >= 11 is 7.30. The second kappa shape index (κ2) is 7.63. The molecule has 33 heavy (non-hydrogen) atoms. The van der Waals surface area contributed by atoms with Gasteiger partial charge < -0.3 is 4.98 Å². The van der Waals surface area contributed by atoms with Crippen molar-refractivity contribution in [1.29, 1.82) is 0 Å². The fourth-order valence-corrected chi connectivity index (χ4v) is 7.21. The van der Waals surface area contributed by atoms with Gasteiger partial charge in [0, 0.05) is 28.2 Å². The van der Waals surface area contributed by atoms with Crippen LogP contribution in [0.2, 0.25) is 5.02 Å². The number of hydrogen-bond acceptors (Lipinski definition) is 5. The second-order valence-corrected chi connectivity index (χ2v) is 11.1. The Bertz CT molecular complexity index is 1620. The molecule has 0 unspecified atom stereocenters. The number of hydrogen-bond donors (Lipinski definition) is 1. The molecule has 1 atom stereocenters. The summed E-state index contributed by atoms with van der Waals surface area (Å²) in [5, 5.41) is 1.70. The lowest BCUT2D eigenvalue weighted by atomic mass is 9.94. The van der Waals surface area contributed by atoms with Crippen LogP contribution in [-0.2, 0) is 16.4 Å². The van der Waals surface area contributed by atoms with Crippen LogP contribution in [0.3, 0.4) is 0 Å². The van der Waals surface area contributed by atoms with Gasteiger partial charge in [0.05, 0.1) is 17.8 Å². The van der Waals surface area contributed by atoms with Crippen molar-refractivity contribution in [2.45, 2.75) is 24.3 Å². The van der Waals surface area contributed by atoms with Crippen LogP contribution >= 0.6 is 23.3 Å². The van der Waals surface area contributed by atoms with Crippen molar-refractivity contribution in [2.75, 3.05) is 6.54 Å². The summed E-state index contributed by atoms with van der Waals surface area (Å²) in [4.78, 5) is 3.69. The average molecular weight is 495 g/mol. The summed E-state index contributed by atoms with van der Waals surface area (Å²) < 4.78 is 38.2. The Morgan fingerprint density at radius 3 is 2.73 bits per heavy atom. The van der Waals surface area contributed by atoms with E-state index in [1.54, 1.807) is 22.5 Å². The van der Waals surface area contributed by atoms with Gasteiger partial charge in [0.2, 0.25) is 10.0 Å². The molecule has 0 aliphatic carbocycles. The summed E-state index contributed by atoms with van der Waals surface area (Å²) in [6, 6.07) is 18.4. The van der Waals surface area contributed by atoms with Crippen molar-refractivity contribution in [3.63, 3.8) is 0 Å². The normalized spacial score (nSPS) is 17.0. The highest BCUT2D eigenvalue weighted by molar-refractivity contribution is 7.89. The maximum atomic E-state index is 14.1. The number of benzene rings is 3. The average Bonchev–Trinajstić information content (AvgIpc) is 3.43. The first-order valence-corrected chi connectivity index (χ1v) is 13.1. The molecule has 0 bridgehead atoms. The number of nitrogens with one attached hydrogen (secondary N) is 1. The van der Waals surface area contributed by atoms with E-state index in [1.807, 2.05) is 49.4 Å². The summed E-state index contributed by atoms with van der Waals surface area (Å²) in [5.74, 6) is 0. The Hall–Kier alpha value is -2.78. The van der Waals surface area contributed by atoms with Gasteiger partial charge in [-0.1, -0.05) is 47.5 Å². The van der Waals surface area contributed by atoms with Gasteiger partial charge in [0.1, 0.15) is 15.9 Å². The van der Waals surface area contributed by atoms with E-state index in [1.165, 1.54) is 0 Å². The van der Waals surface area contributed by atoms with E-state index in [4.69, 9.17) is 11.6 Å². The molecule has 1 aliphatic heterocycles. The molecule has 3 aromatic carbocycles. The predicted octanol–water partition coefficient (Wildman–Crippen LogP) is 5.47. The Balaban J connectivity index is 1.58. The Morgan fingerprint density at radius 1 is 1.09 bits per heavy atom. The fraction of sp³-hybridized carbons (Fsp3) is 0.167. The minimum atomic E-state index is -3.86. The van der Waals surface area contributed by atoms with Gasteiger partial charge in [-0.05, 0) is 54.8 Å². The number of aryl methyl sites for hydroxylation is 1. The molecule has 9 heteroatoms. The zero-order valence-corrected chi connectivity index (χ0v) is 20.0. The van der Waals surface area contributed by atoms with Crippen LogP contribution in [0.4, 0.5) is 0 Å². The first kappa shape index (κ1) is 20.8. The molecule has 1 aliphatic rings. The Kier molecular flexibility index (Phi) is 4.81. The zero-order valence-electron chi connectivity index (χ0n) is 17.6. The minimum Gasteiger partial charge on any atom is -0.357 e. The topological polar surface area (TPSA) is 79.0 Å². The highest BCUT2D eigenvalue weighted by Gasteiger charge is 2.40. The van der Waals surface area contributed by atoms with Crippen molar-refractivity contribution >= 4 is 55.3 Å². The van der Waals surface area contributed by atoms with Crippen LogP contribution in [0, 0.1) is 6.92 Å². The maximum absolute atomic E-state index is 14.1. The van der Waals surface area contributed by atoms with Crippen LogP contribution in [0.15, 0.2) is 65.6 Å². The third kappa shape index (κ3) is 3.28. The first-order valence-electron chi connectivity index (χ1n) is 10.5. The highest BCUT2D eigenvalue weighted by atomic mass is 35.5. The third-order valence-corrected chi connectivity index (χ3v) is 8.95. The van der Waals surface area contributed by atoms with Gasteiger partial charge in [-0.3, -0.25) is 0 Å². The predicted molar refractivity (Wildman–Crippen MR) is 131 cm³/mol. The smallest absolute Gasteiger partial charge is 0.246 e. The van der Waals surface area contributed by atoms with Gasteiger partial charge in [-0.25, -0.2) is 8.42 Å². The van der Waals surface area contributed by atoms with E-state index in [-0.39, 0.29) is 4.90 Å². The fourth-order valence-electron chi connectivity index (χ4n) is 4.70. The van der Waals surface area contributed by atoms with Gasteiger partial charge in [0.25, 0.3) is 0 Å². The highest BCUT2D eigenvalue weighted by Crippen LogP contribution is 2.42. The molecule has 3 heterocycles. The van der Waals surface area contributed by atoms with Crippen LogP contribution in [0.1, 0.15) is 28.4 Å². The van der Waals surface area contributed by atoms with Crippen molar-refractivity contribution < 1.29 is 8.42 Å². The molecule has 0 saturated heterocycles. The molecule has 2 aromatic heterocycles. The largest absolute Gasteiger partial charge is 0.357 e. The van der Waals surface area contributed by atoms with Crippen molar-refractivity contribution in [3.8, 4) is 0 Å². The molecule has 6 rings (SSSR count). The minimum absolute atomic E-state index is 0.188. The molecule has 5 aromatic rings. The van der Waals surface area contributed by atoms with Crippen molar-refractivity contribution in [3.05, 3.63) is 88.1 Å². The Morgan fingerprint density at radius 2 is 1.91 bits per heavy atom. The molecular weight excluding hydrogens is 476 g/mol. The van der Waals surface area contributed by atoms with E-state index < -0.39 is 16.1 Å². The number of nitrogens with zero attached hydrogens (tertiary/aromatic N) is 3. The van der Waals surface area contributed by atoms with Gasteiger partial charge in [-0.2, -0.15) is 13.1 Å². The summed E-state index contributed by atoms with van der Waals surface area (Å²) in [5.41, 5.74) is 5.97. The Labute approximate surface area is 200 Å². The lowest BCUT2D eigenvalue weighted by molar-refractivity contribution is 0.341. The molecule has 0 radical (unpaired) electrons. The summed E-state index contributed by atoms with van der Waals surface area (Å²) in [6.07, 6.45) is 0.586. The zero-order chi connectivity index (χ0) is 22.7. The molecule has 166 valence electrons. The lowest BCUT2D eigenvalue weighted by Gasteiger charge is -2.35. The number of sulfonamides is 1. The van der Waals surface area contributed by atoms with Crippen LogP contribution in [-0.4, -0.2) is 33.0 Å². The number of halogens is 1. The van der Waals surface area contributed by atoms with E-state index >= 15 is 0 Å².